The van der Waals surface area contributed by atoms with Crippen LogP contribution in [0.2, 0.25) is 0 Å². The van der Waals surface area contributed by atoms with Gasteiger partial charge in [0.1, 0.15) is 12.7 Å². The molecule has 0 aliphatic heterocycles. The van der Waals surface area contributed by atoms with E-state index < -0.39 is 51.8 Å². The van der Waals surface area contributed by atoms with E-state index in [0.717, 1.165) is 83.5 Å². The third-order valence-electron chi connectivity index (χ3n) is 8.20. The van der Waals surface area contributed by atoms with Crippen LogP contribution in [0.4, 0.5) is 0 Å². The number of aliphatic hydroxyl groups is 3. The lowest BCUT2D eigenvalue weighted by atomic mass is 10.1. The molecular formula is C42H73O11P. The van der Waals surface area contributed by atoms with Crippen LogP contribution in [0.1, 0.15) is 148 Å². The van der Waals surface area contributed by atoms with Crippen molar-refractivity contribution < 1.29 is 52.9 Å². The Morgan fingerprint density at radius 1 is 0.574 bits per heavy atom. The number of esters is 2. The Morgan fingerprint density at radius 2 is 1.04 bits per heavy atom. The van der Waals surface area contributed by atoms with Gasteiger partial charge in [0.2, 0.25) is 0 Å². The summed E-state index contributed by atoms with van der Waals surface area (Å²) in [5.41, 5.74) is 0. The van der Waals surface area contributed by atoms with Crippen LogP contribution in [0.15, 0.2) is 60.8 Å². The van der Waals surface area contributed by atoms with Crippen LogP contribution in [-0.2, 0) is 32.7 Å². The smallest absolute Gasteiger partial charge is 0.462 e. The molecule has 0 saturated carbocycles. The zero-order chi connectivity index (χ0) is 39.8. The Kier molecular flexibility index (Phi) is 37.2. The highest BCUT2D eigenvalue weighted by molar-refractivity contribution is 7.47. The summed E-state index contributed by atoms with van der Waals surface area (Å²) in [6.07, 6.45) is 39.2. The van der Waals surface area contributed by atoms with E-state index >= 15 is 0 Å². The van der Waals surface area contributed by atoms with Crippen LogP contribution in [-0.4, -0.2) is 77.4 Å². The Morgan fingerprint density at radius 3 is 1.61 bits per heavy atom. The number of hydrogen-bond donors (Lipinski definition) is 4. The fourth-order valence-electron chi connectivity index (χ4n) is 5.02. The Labute approximate surface area is 326 Å². The number of carbonyl (C=O) groups excluding carboxylic acids is 2. The fraction of sp³-hybridized carbons (Fsp3) is 0.714. The highest BCUT2D eigenvalue weighted by atomic mass is 31.2. The van der Waals surface area contributed by atoms with Gasteiger partial charge in [-0.05, 0) is 83.5 Å². The molecule has 0 aliphatic carbocycles. The van der Waals surface area contributed by atoms with E-state index in [1.54, 1.807) is 0 Å². The van der Waals surface area contributed by atoms with Gasteiger partial charge in [-0.2, -0.15) is 0 Å². The molecule has 0 fully saturated rings. The van der Waals surface area contributed by atoms with Gasteiger partial charge in [0.05, 0.1) is 19.8 Å². The van der Waals surface area contributed by atoms with Crippen molar-refractivity contribution in [3.8, 4) is 0 Å². The molecule has 0 aromatic carbocycles. The number of carbonyl (C=O) groups is 2. The summed E-state index contributed by atoms with van der Waals surface area (Å²) in [7, 11) is -4.64. The highest BCUT2D eigenvalue weighted by Crippen LogP contribution is 2.43. The van der Waals surface area contributed by atoms with Crippen LogP contribution in [0.25, 0.3) is 0 Å². The monoisotopic (exact) mass is 784 g/mol. The molecule has 0 bridgehead atoms. The number of hydrogen-bond acceptors (Lipinski definition) is 10. The van der Waals surface area contributed by atoms with Crippen molar-refractivity contribution >= 4 is 19.8 Å². The van der Waals surface area contributed by atoms with Gasteiger partial charge in [0, 0.05) is 19.4 Å². The Balaban J connectivity index is 4.44. The molecule has 1 unspecified atom stereocenters. The first kappa shape index (κ1) is 51.6. The lowest BCUT2D eigenvalue weighted by Gasteiger charge is -2.20. The van der Waals surface area contributed by atoms with Crippen LogP contribution in [0.5, 0.6) is 0 Å². The standard InChI is InChI=1S/C42H73O11P/c1-2-3-4-5-6-7-8-14-18-21-24-27-30-33-42(47)53-40(38-52-54(48,49)51-36-39(45)35-44)37-50-41(46)32-29-26-23-20-17-15-12-10-9-11-13-16-19-22-25-28-31-34-43/h7-9,11-12,15-16,19-20,23,39-40,43-45H,2-6,10,13-14,17-18,21-22,24-38H2,1H3,(H,48,49)/b8-7-,11-9-,15-12-,19-16-,23-20-/t39-,40+/m0/s1. The summed E-state index contributed by atoms with van der Waals surface area (Å²) in [6.45, 7) is 0.272. The third-order valence-corrected chi connectivity index (χ3v) is 9.15. The van der Waals surface area contributed by atoms with E-state index in [-0.39, 0.29) is 26.1 Å². The zero-order valence-electron chi connectivity index (χ0n) is 33.1. The van der Waals surface area contributed by atoms with E-state index in [2.05, 4.69) is 60.1 Å². The number of phosphoric acid groups is 1. The summed E-state index contributed by atoms with van der Waals surface area (Å²) in [5, 5.41) is 27.1. The van der Waals surface area contributed by atoms with E-state index in [0.29, 0.717) is 19.3 Å². The van der Waals surface area contributed by atoms with Crippen molar-refractivity contribution in [3.63, 3.8) is 0 Å². The molecule has 312 valence electrons. The van der Waals surface area contributed by atoms with Gasteiger partial charge in [-0.1, -0.05) is 113 Å². The predicted octanol–water partition coefficient (Wildman–Crippen LogP) is 9.30. The topological polar surface area (TPSA) is 169 Å². The molecule has 11 nitrogen and oxygen atoms in total. The molecule has 0 heterocycles. The van der Waals surface area contributed by atoms with E-state index in [4.69, 9.17) is 24.2 Å². The lowest BCUT2D eigenvalue weighted by Crippen LogP contribution is -2.29. The molecule has 0 rings (SSSR count). The molecule has 0 spiro atoms. The largest absolute Gasteiger partial charge is 0.472 e. The molecule has 0 aromatic rings. The first-order valence-corrected chi connectivity index (χ1v) is 21.8. The molecule has 54 heavy (non-hydrogen) atoms. The highest BCUT2D eigenvalue weighted by Gasteiger charge is 2.27. The fourth-order valence-corrected chi connectivity index (χ4v) is 5.81. The number of rotatable bonds is 38. The number of phosphoric ester groups is 1. The maximum atomic E-state index is 12.6. The van der Waals surface area contributed by atoms with Gasteiger partial charge in [0.15, 0.2) is 6.10 Å². The van der Waals surface area contributed by atoms with Crippen molar-refractivity contribution in [2.45, 2.75) is 160 Å². The lowest BCUT2D eigenvalue weighted by molar-refractivity contribution is -0.161. The second-order valence-corrected chi connectivity index (χ2v) is 14.8. The van der Waals surface area contributed by atoms with Crippen LogP contribution in [0.3, 0.4) is 0 Å². The molecule has 0 aromatic heterocycles. The SMILES string of the molecule is CCCCCC/C=C\CCCCCCCC(=O)O[C@H](COC(=O)CCC/C=C\C/C=C\C/C=C\C/C=C\CCCCCO)COP(=O)(O)OC[C@@H](O)CO. The van der Waals surface area contributed by atoms with Crippen LogP contribution in [0, 0.1) is 0 Å². The summed E-state index contributed by atoms with van der Waals surface area (Å²) in [5.74, 6) is -1.02. The molecule has 0 amide bonds. The van der Waals surface area contributed by atoms with Crippen LogP contribution < -0.4 is 0 Å². The molecule has 0 radical (unpaired) electrons. The van der Waals surface area contributed by atoms with Crippen molar-refractivity contribution in [2.24, 2.45) is 0 Å². The van der Waals surface area contributed by atoms with Gasteiger partial charge in [-0.3, -0.25) is 18.6 Å². The van der Waals surface area contributed by atoms with E-state index in [1.165, 1.54) is 25.7 Å². The van der Waals surface area contributed by atoms with Crippen molar-refractivity contribution in [1.82, 2.24) is 0 Å². The van der Waals surface area contributed by atoms with Gasteiger partial charge < -0.3 is 29.7 Å². The van der Waals surface area contributed by atoms with Crippen molar-refractivity contribution in [3.05, 3.63) is 60.8 Å². The molecule has 4 N–H and O–H groups in total. The minimum atomic E-state index is -4.64. The average Bonchev–Trinajstić information content (AvgIpc) is 3.16. The summed E-state index contributed by atoms with van der Waals surface area (Å²) < 4.78 is 32.5. The molecule has 12 heteroatoms. The molecule has 0 saturated heterocycles. The normalized spacial score (nSPS) is 14.5. The molecule has 0 aliphatic rings. The average molecular weight is 785 g/mol. The summed E-state index contributed by atoms with van der Waals surface area (Å²) in [4.78, 5) is 34.9. The van der Waals surface area contributed by atoms with Crippen LogP contribution >= 0.6 is 7.82 Å². The first-order valence-electron chi connectivity index (χ1n) is 20.4. The minimum Gasteiger partial charge on any atom is -0.462 e. The van der Waals surface area contributed by atoms with E-state index in [1.807, 2.05) is 12.2 Å². The van der Waals surface area contributed by atoms with Gasteiger partial charge in [-0.15, -0.1) is 0 Å². The number of allylic oxidation sites excluding steroid dienone is 10. The molecular weight excluding hydrogens is 711 g/mol. The van der Waals surface area contributed by atoms with E-state index in [9.17, 15) is 24.2 Å². The first-order chi connectivity index (χ1) is 26.2. The summed E-state index contributed by atoms with van der Waals surface area (Å²) in [6, 6.07) is 0. The number of unbranched alkanes of at least 4 members (excludes halogenated alkanes) is 13. The van der Waals surface area contributed by atoms with Gasteiger partial charge in [0.25, 0.3) is 0 Å². The Hall–Kier alpha value is -2.37. The van der Waals surface area contributed by atoms with Gasteiger partial charge >= 0.3 is 19.8 Å². The summed E-state index contributed by atoms with van der Waals surface area (Å²) >= 11 is 0. The Bertz CT molecular complexity index is 1090. The second kappa shape index (κ2) is 38.9. The maximum absolute atomic E-state index is 12.6. The van der Waals surface area contributed by atoms with Gasteiger partial charge in [-0.25, -0.2) is 4.57 Å². The third kappa shape index (κ3) is 37.9. The number of ether oxygens (including phenoxy) is 2. The minimum absolute atomic E-state index is 0.152. The maximum Gasteiger partial charge on any atom is 0.472 e. The predicted molar refractivity (Wildman–Crippen MR) is 216 cm³/mol. The van der Waals surface area contributed by atoms with Crippen molar-refractivity contribution in [2.75, 3.05) is 33.0 Å². The number of aliphatic hydroxyl groups excluding tert-OH is 3. The second-order valence-electron chi connectivity index (χ2n) is 13.4. The zero-order valence-corrected chi connectivity index (χ0v) is 34.0. The molecule has 3 atom stereocenters. The quantitative estimate of drug-likeness (QED) is 0.0204. The van der Waals surface area contributed by atoms with Crippen molar-refractivity contribution in [1.29, 1.82) is 0 Å².